The molecule has 3 aromatic rings. The van der Waals surface area contributed by atoms with E-state index in [1.165, 1.54) is 18.2 Å². The van der Waals surface area contributed by atoms with Gasteiger partial charge >= 0.3 is 0 Å². The first-order valence-electron chi connectivity index (χ1n) is 8.17. The van der Waals surface area contributed by atoms with Crippen molar-refractivity contribution in [2.24, 2.45) is 0 Å². The maximum absolute atomic E-state index is 13.1. The number of hydrogen-bond acceptors (Lipinski definition) is 3. The van der Waals surface area contributed by atoms with Crippen molar-refractivity contribution in [3.05, 3.63) is 69.5 Å². The van der Waals surface area contributed by atoms with E-state index in [0.29, 0.717) is 35.4 Å². The zero-order valence-electron chi connectivity index (χ0n) is 14.1. The van der Waals surface area contributed by atoms with Gasteiger partial charge in [0.05, 0.1) is 15.9 Å². The summed E-state index contributed by atoms with van der Waals surface area (Å²) < 4.78 is 14.7. The molecule has 2 aromatic carbocycles. The van der Waals surface area contributed by atoms with Gasteiger partial charge in [0.15, 0.2) is 0 Å². The number of amides is 1. The first-order chi connectivity index (χ1) is 12.5. The van der Waals surface area contributed by atoms with Crippen LogP contribution in [0.15, 0.2) is 47.3 Å². The summed E-state index contributed by atoms with van der Waals surface area (Å²) in [5, 5.41) is 3.17. The zero-order valence-corrected chi connectivity index (χ0v) is 14.9. The van der Waals surface area contributed by atoms with Crippen molar-refractivity contribution >= 4 is 34.1 Å². The minimum Gasteiger partial charge on any atom is -0.326 e. The highest BCUT2D eigenvalue weighted by atomic mass is 35.5. The number of halogens is 2. The fraction of sp³-hybridized carbons (Fsp3) is 0.211. The smallest absolute Gasteiger partial charge is 0.261 e. The number of para-hydroxylation sites is 1. The second kappa shape index (κ2) is 7.66. The van der Waals surface area contributed by atoms with Gasteiger partial charge in [-0.2, -0.15) is 0 Å². The normalized spacial score (nSPS) is 10.9. The van der Waals surface area contributed by atoms with Crippen molar-refractivity contribution in [1.29, 1.82) is 0 Å². The molecule has 0 aliphatic heterocycles. The minimum absolute atomic E-state index is 0.0489. The maximum atomic E-state index is 13.1. The van der Waals surface area contributed by atoms with Crippen LogP contribution in [0.25, 0.3) is 10.9 Å². The van der Waals surface area contributed by atoms with Gasteiger partial charge < -0.3 is 5.32 Å². The highest BCUT2D eigenvalue weighted by Crippen LogP contribution is 2.19. The molecule has 1 aromatic heterocycles. The van der Waals surface area contributed by atoms with Crippen LogP contribution in [0.2, 0.25) is 5.02 Å². The summed E-state index contributed by atoms with van der Waals surface area (Å²) >= 11 is 5.69. The molecule has 0 spiro atoms. The number of rotatable bonds is 5. The monoisotopic (exact) mass is 373 g/mol. The number of anilines is 1. The molecular weight excluding hydrogens is 357 g/mol. The van der Waals surface area contributed by atoms with Crippen LogP contribution in [0.1, 0.15) is 18.7 Å². The van der Waals surface area contributed by atoms with Gasteiger partial charge in [-0.25, -0.2) is 9.37 Å². The predicted molar refractivity (Wildman–Crippen MR) is 100 cm³/mol. The lowest BCUT2D eigenvalue weighted by Crippen LogP contribution is -2.24. The highest BCUT2D eigenvalue weighted by molar-refractivity contribution is 6.31. The van der Waals surface area contributed by atoms with Crippen molar-refractivity contribution in [1.82, 2.24) is 9.55 Å². The standard InChI is InChI=1S/C19H17ClFN3O2/c1-12-22-17-6-3-2-5-14(17)19(26)24(12)10-4-7-18(25)23-13-8-9-16(21)15(20)11-13/h2-3,5-6,8-9,11H,4,7,10H2,1H3,(H,23,25). The van der Waals surface area contributed by atoms with E-state index in [1.54, 1.807) is 29.7 Å². The Morgan fingerprint density at radius 1 is 1.27 bits per heavy atom. The van der Waals surface area contributed by atoms with E-state index >= 15 is 0 Å². The molecule has 0 aliphatic carbocycles. The summed E-state index contributed by atoms with van der Waals surface area (Å²) in [7, 11) is 0. The van der Waals surface area contributed by atoms with E-state index < -0.39 is 5.82 Å². The number of aryl methyl sites for hydroxylation is 1. The van der Waals surface area contributed by atoms with Crippen LogP contribution in [-0.2, 0) is 11.3 Å². The number of nitrogens with zero attached hydrogens (tertiary/aromatic N) is 2. The first kappa shape index (κ1) is 18.1. The molecule has 5 nitrogen and oxygen atoms in total. The molecule has 0 fully saturated rings. The molecule has 1 N–H and O–H groups in total. The van der Waals surface area contributed by atoms with E-state index in [9.17, 15) is 14.0 Å². The Bertz CT molecular complexity index is 1030. The second-order valence-electron chi connectivity index (χ2n) is 5.91. The molecule has 0 saturated carbocycles. The quantitative estimate of drug-likeness (QED) is 0.737. The van der Waals surface area contributed by atoms with E-state index in [4.69, 9.17) is 11.6 Å². The average Bonchev–Trinajstić information content (AvgIpc) is 2.61. The van der Waals surface area contributed by atoms with Gasteiger partial charge in [-0.3, -0.25) is 14.2 Å². The molecule has 26 heavy (non-hydrogen) atoms. The van der Waals surface area contributed by atoms with Crippen LogP contribution in [0.4, 0.5) is 10.1 Å². The molecule has 1 amide bonds. The van der Waals surface area contributed by atoms with Gasteiger partial charge in [0.2, 0.25) is 5.91 Å². The van der Waals surface area contributed by atoms with Crippen molar-refractivity contribution in [3.8, 4) is 0 Å². The number of hydrogen-bond donors (Lipinski definition) is 1. The van der Waals surface area contributed by atoms with Gasteiger partial charge in [0.1, 0.15) is 11.6 Å². The highest BCUT2D eigenvalue weighted by Gasteiger charge is 2.09. The summed E-state index contributed by atoms with van der Waals surface area (Å²) in [6, 6.07) is 11.2. The van der Waals surface area contributed by atoms with Gasteiger partial charge in [-0.05, 0) is 43.7 Å². The van der Waals surface area contributed by atoms with Crippen LogP contribution < -0.4 is 10.9 Å². The number of carbonyl (C=O) groups is 1. The molecule has 0 aliphatic rings. The Hall–Kier alpha value is -2.73. The molecule has 0 unspecified atom stereocenters. The third-order valence-electron chi connectivity index (χ3n) is 4.04. The lowest BCUT2D eigenvalue weighted by molar-refractivity contribution is -0.116. The first-order valence-corrected chi connectivity index (χ1v) is 8.54. The molecule has 0 atom stereocenters. The summed E-state index contributed by atoms with van der Waals surface area (Å²) in [4.78, 5) is 29.0. The Morgan fingerprint density at radius 3 is 2.81 bits per heavy atom. The molecule has 134 valence electrons. The van der Waals surface area contributed by atoms with Crippen LogP contribution in [-0.4, -0.2) is 15.5 Å². The van der Waals surface area contributed by atoms with Crippen molar-refractivity contribution in [3.63, 3.8) is 0 Å². The third-order valence-corrected chi connectivity index (χ3v) is 4.33. The molecule has 0 radical (unpaired) electrons. The second-order valence-corrected chi connectivity index (χ2v) is 6.32. The van der Waals surface area contributed by atoms with Crippen molar-refractivity contribution in [2.75, 3.05) is 5.32 Å². The zero-order chi connectivity index (χ0) is 18.7. The van der Waals surface area contributed by atoms with Crippen LogP contribution in [0.3, 0.4) is 0 Å². The summed E-state index contributed by atoms with van der Waals surface area (Å²) in [6.45, 7) is 2.16. The Labute approximate surface area is 154 Å². The van der Waals surface area contributed by atoms with Crippen molar-refractivity contribution < 1.29 is 9.18 Å². The van der Waals surface area contributed by atoms with Gasteiger partial charge in [0, 0.05) is 18.7 Å². The number of fused-ring (bicyclic) bond motifs is 1. The predicted octanol–water partition coefficient (Wildman–Crippen LogP) is 3.92. The SMILES string of the molecule is Cc1nc2ccccc2c(=O)n1CCCC(=O)Nc1ccc(F)c(Cl)c1. The average molecular weight is 374 g/mol. The van der Waals surface area contributed by atoms with Crippen LogP contribution in [0.5, 0.6) is 0 Å². The van der Waals surface area contributed by atoms with Crippen LogP contribution in [0, 0.1) is 12.7 Å². The Balaban J connectivity index is 1.64. The Kier molecular flexibility index (Phi) is 5.32. The van der Waals surface area contributed by atoms with Gasteiger partial charge in [-0.1, -0.05) is 23.7 Å². The topological polar surface area (TPSA) is 64.0 Å². The van der Waals surface area contributed by atoms with E-state index in [0.717, 1.165) is 0 Å². The lowest BCUT2D eigenvalue weighted by Gasteiger charge is -2.11. The number of nitrogens with one attached hydrogen (secondary N) is 1. The molecule has 7 heteroatoms. The summed E-state index contributed by atoms with van der Waals surface area (Å²) in [5.74, 6) is -0.158. The number of benzene rings is 2. The van der Waals surface area contributed by atoms with E-state index in [-0.39, 0.29) is 22.9 Å². The minimum atomic E-state index is -0.539. The molecular formula is C19H17ClFN3O2. The van der Waals surface area contributed by atoms with Gasteiger partial charge in [-0.15, -0.1) is 0 Å². The largest absolute Gasteiger partial charge is 0.326 e. The number of carbonyl (C=O) groups excluding carboxylic acids is 1. The van der Waals surface area contributed by atoms with Gasteiger partial charge in [0.25, 0.3) is 5.56 Å². The van der Waals surface area contributed by atoms with Crippen molar-refractivity contribution in [2.45, 2.75) is 26.3 Å². The number of aromatic nitrogens is 2. The lowest BCUT2D eigenvalue weighted by atomic mass is 10.2. The Morgan fingerprint density at radius 2 is 2.04 bits per heavy atom. The summed E-state index contributed by atoms with van der Waals surface area (Å²) in [6.07, 6.45) is 0.690. The van der Waals surface area contributed by atoms with E-state index in [2.05, 4.69) is 10.3 Å². The molecule has 0 saturated heterocycles. The molecule has 1 heterocycles. The summed E-state index contributed by atoms with van der Waals surface area (Å²) in [5.41, 5.74) is 0.984. The van der Waals surface area contributed by atoms with E-state index in [1.807, 2.05) is 6.07 Å². The van der Waals surface area contributed by atoms with Crippen LogP contribution >= 0.6 is 11.6 Å². The fourth-order valence-corrected chi connectivity index (χ4v) is 2.92. The molecule has 0 bridgehead atoms. The molecule has 3 rings (SSSR count). The maximum Gasteiger partial charge on any atom is 0.261 e. The third kappa shape index (κ3) is 3.91. The fourth-order valence-electron chi connectivity index (χ4n) is 2.74.